The minimum atomic E-state index is -4.36. The first-order chi connectivity index (χ1) is 8.71. The van der Waals surface area contributed by atoms with E-state index in [2.05, 4.69) is 5.32 Å². The van der Waals surface area contributed by atoms with Crippen molar-refractivity contribution in [1.29, 1.82) is 0 Å². The highest BCUT2D eigenvalue weighted by Crippen LogP contribution is 2.34. The van der Waals surface area contributed by atoms with Crippen molar-refractivity contribution in [1.82, 2.24) is 5.32 Å². The van der Waals surface area contributed by atoms with Gasteiger partial charge in [-0.3, -0.25) is 4.21 Å². The molecule has 0 saturated heterocycles. The Morgan fingerprint density at radius 1 is 1.26 bits per heavy atom. The molecule has 0 bridgehead atoms. The van der Waals surface area contributed by atoms with Crippen molar-refractivity contribution in [2.45, 2.75) is 32.1 Å². The van der Waals surface area contributed by atoms with Gasteiger partial charge in [0.15, 0.2) is 0 Å². The number of rotatable bonds is 5. The maximum atomic E-state index is 12.9. The maximum absolute atomic E-state index is 12.9. The summed E-state index contributed by atoms with van der Waals surface area (Å²) in [4.78, 5) is 0. The molecule has 0 fully saturated rings. The Hall–Kier alpha value is -0.880. The molecule has 0 radical (unpaired) electrons. The van der Waals surface area contributed by atoms with Crippen molar-refractivity contribution in [3.05, 3.63) is 35.4 Å². The highest BCUT2D eigenvalue weighted by Gasteiger charge is 2.34. The Balaban J connectivity index is 2.88. The predicted molar refractivity (Wildman–Crippen MR) is 71.4 cm³/mol. The van der Waals surface area contributed by atoms with E-state index in [0.29, 0.717) is 5.75 Å². The first-order valence-corrected chi connectivity index (χ1v) is 7.66. The van der Waals surface area contributed by atoms with Gasteiger partial charge in [-0.1, -0.05) is 18.2 Å². The molecule has 2 nitrogen and oxygen atoms in total. The molecule has 0 heterocycles. The van der Waals surface area contributed by atoms with Crippen LogP contribution in [0, 0.1) is 0 Å². The van der Waals surface area contributed by atoms with Crippen LogP contribution in [0.25, 0.3) is 0 Å². The number of nitrogens with one attached hydrogen (secondary N) is 1. The summed E-state index contributed by atoms with van der Waals surface area (Å²) in [7, 11) is -0.976. The van der Waals surface area contributed by atoms with Gasteiger partial charge in [0.05, 0.1) is 5.56 Å². The van der Waals surface area contributed by atoms with Gasteiger partial charge in [-0.2, -0.15) is 13.2 Å². The largest absolute Gasteiger partial charge is 0.416 e. The molecule has 0 aliphatic carbocycles. The molecule has 0 aliphatic rings. The summed E-state index contributed by atoms with van der Waals surface area (Å²) in [6.07, 6.45) is -2.78. The Labute approximate surface area is 113 Å². The summed E-state index contributed by atoms with van der Waals surface area (Å²) in [6.45, 7) is 3.49. The van der Waals surface area contributed by atoms with Crippen LogP contribution in [0.3, 0.4) is 0 Å². The van der Waals surface area contributed by atoms with E-state index in [1.165, 1.54) is 12.1 Å². The van der Waals surface area contributed by atoms with Crippen LogP contribution in [0.4, 0.5) is 13.2 Å². The summed E-state index contributed by atoms with van der Waals surface area (Å²) in [5.74, 6) is 0.415. The lowest BCUT2D eigenvalue weighted by Gasteiger charge is -2.22. The van der Waals surface area contributed by atoms with Crippen LogP contribution in [-0.2, 0) is 17.0 Å². The molecule has 1 aromatic rings. The van der Waals surface area contributed by atoms with Gasteiger partial charge in [-0.15, -0.1) is 0 Å². The van der Waals surface area contributed by atoms with Crippen LogP contribution < -0.4 is 5.32 Å². The van der Waals surface area contributed by atoms with Gasteiger partial charge in [0, 0.05) is 34.9 Å². The minimum Gasteiger partial charge on any atom is -0.307 e. The van der Waals surface area contributed by atoms with E-state index in [0.717, 1.165) is 6.07 Å². The molecule has 108 valence electrons. The SMILES string of the molecule is CC(CS(C)=O)NC(C)c1ccccc1C(F)(F)F. The zero-order valence-corrected chi connectivity index (χ0v) is 11.9. The van der Waals surface area contributed by atoms with E-state index in [4.69, 9.17) is 0 Å². The lowest BCUT2D eigenvalue weighted by Crippen LogP contribution is -2.34. The molecule has 0 spiro atoms. The fourth-order valence-corrected chi connectivity index (χ4v) is 2.85. The van der Waals surface area contributed by atoms with Crippen LogP contribution in [0.2, 0.25) is 0 Å². The summed E-state index contributed by atoms with van der Waals surface area (Å²) < 4.78 is 49.7. The Kier molecular flexibility index (Phi) is 5.55. The molecule has 6 heteroatoms. The van der Waals surface area contributed by atoms with Crippen molar-refractivity contribution >= 4 is 10.8 Å². The van der Waals surface area contributed by atoms with E-state index >= 15 is 0 Å². The third-order valence-corrected chi connectivity index (χ3v) is 3.72. The number of hydrogen-bond acceptors (Lipinski definition) is 2. The average Bonchev–Trinajstić information content (AvgIpc) is 2.26. The van der Waals surface area contributed by atoms with E-state index in [9.17, 15) is 17.4 Å². The Bertz CT molecular complexity index is 448. The summed E-state index contributed by atoms with van der Waals surface area (Å²) in [5, 5.41) is 3.05. The maximum Gasteiger partial charge on any atom is 0.416 e. The average molecular weight is 293 g/mol. The van der Waals surface area contributed by atoms with Gasteiger partial charge < -0.3 is 5.32 Å². The van der Waals surface area contributed by atoms with Crippen molar-refractivity contribution in [2.75, 3.05) is 12.0 Å². The number of hydrogen-bond donors (Lipinski definition) is 1. The van der Waals surface area contributed by atoms with Crippen molar-refractivity contribution in [3.8, 4) is 0 Å². The summed E-state index contributed by atoms with van der Waals surface area (Å²) in [6, 6.07) is 4.96. The van der Waals surface area contributed by atoms with Crippen LogP contribution in [-0.4, -0.2) is 22.3 Å². The summed E-state index contributed by atoms with van der Waals surface area (Å²) >= 11 is 0. The van der Waals surface area contributed by atoms with E-state index in [1.54, 1.807) is 19.2 Å². The molecule has 3 unspecified atom stereocenters. The zero-order valence-electron chi connectivity index (χ0n) is 11.1. The topological polar surface area (TPSA) is 29.1 Å². The molecule has 19 heavy (non-hydrogen) atoms. The van der Waals surface area contributed by atoms with E-state index < -0.39 is 28.6 Å². The van der Waals surface area contributed by atoms with Gasteiger partial charge in [-0.25, -0.2) is 0 Å². The van der Waals surface area contributed by atoms with Gasteiger partial charge in [0.1, 0.15) is 0 Å². The second-order valence-corrected chi connectivity index (χ2v) is 6.09. The normalized spacial score (nSPS) is 16.9. The first kappa shape index (κ1) is 16.2. The second kappa shape index (κ2) is 6.52. The molecule has 0 amide bonds. The monoisotopic (exact) mass is 293 g/mol. The molecule has 1 rings (SSSR count). The number of benzene rings is 1. The molecular weight excluding hydrogens is 275 g/mol. The third-order valence-electron chi connectivity index (χ3n) is 2.75. The molecule has 0 aliphatic heterocycles. The molecule has 0 aromatic heterocycles. The van der Waals surface area contributed by atoms with Gasteiger partial charge in [0.25, 0.3) is 0 Å². The van der Waals surface area contributed by atoms with E-state index in [1.807, 2.05) is 6.92 Å². The standard InChI is InChI=1S/C13H18F3NOS/c1-9(8-19(3)18)17-10(2)11-6-4-5-7-12(11)13(14,15)16/h4-7,9-10,17H,8H2,1-3H3. The lowest BCUT2D eigenvalue weighted by molar-refractivity contribution is -0.138. The Morgan fingerprint density at radius 3 is 2.37 bits per heavy atom. The van der Waals surface area contributed by atoms with Crippen molar-refractivity contribution in [2.24, 2.45) is 0 Å². The highest BCUT2D eigenvalue weighted by atomic mass is 32.2. The van der Waals surface area contributed by atoms with Crippen LogP contribution >= 0.6 is 0 Å². The van der Waals surface area contributed by atoms with Crippen molar-refractivity contribution < 1.29 is 17.4 Å². The fourth-order valence-electron chi connectivity index (χ4n) is 2.05. The zero-order chi connectivity index (χ0) is 14.6. The third kappa shape index (κ3) is 4.95. The molecule has 1 N–H and O–H groups in total. The number of alkyl halides is 3. The quantitative estimate of drug-likeness (QED) is 0.903. The van der Waals surface area contributed by atoms with E-state index in [-0.39, 0.29) is 11.6 Å². The molecule has 0 saturated carbocycles. The van der Waals surface area contributed by atoms with Crippen molar-refractivity contribution in [3.63, 3.8) is 0 Å². The predicted octanol–water partition coefficient (Wildman–Crippen LogP) is 3.12. The fraction of sp³-hybridized carbons (Fsp3) is 0.538. The first-order valence-electron chi connectivity index (χ1n) is 5.94. The highest BCUT2D eigenvalue weighted by molar-refractivity contribution is 7.84. The minimum absolute atomic E-state index is 0.109. The van der Waals surface area contributed by atoms with Gasteiger partial charge in [0.2, 0.25) is 0 Å². The van der Waals surface area contributed by atoms with Gasteiger partial charge in [-0.05, 0) is 25.5 Å². The summed E-state index contributed by atoms with van der Waals surface area (Å²) in [5.41, 5.74) is -0.413. The molecule has 1 aromatic carbocycles. The second-order valence-electron chi connectivity index (χ2n) is 4.61. The Morgan fingerprint density at radius 2 is 1.84 bits per heavy atom. The molecular formula is C13H18F3NOS. The number of halogens is 3. The lowest BCUT2D eigenvalue weighted by atomic mass is 10.0. The van der Waals surface area contributed by atoms with Crippen LogP contribution in [0.1, 0.15) is 31.0 Å². The van der Waals surface area contributed by atoms with Crippen LogP contribution in [0.5, 0.6) is 0 Å². The van der Waals surface area contributed by atoms with Gasteiger partial charge >= 0.3 is 6.18 Å². The smallest absolute Gasteiger partial charge is 0.307 e. The van der Waals surface area contributed by atoms with Crippen LogP contribution in [0.15, 0.2) is 24.3 Å². The molecule has 3 atom stereocenters.